The van der Waals surface area contributed by atoms with Gasteiger partial charge < -0.3 is 0 Å². The summed E-state index contributed by atoms with van der Waals surface area (Å²) < 4.78 is 1.04. The highest BCUT2D eigenvalue weighted by molar-refractivity contribution is 6.33. The highest BCUT2D eigenvalue weighted by Crippen LogP contribution is 1.98. The summed E-state index contributed by atoms with van der Waals surface area (Å²) >= 11 is 10.5. The van der Waals surface area contributed by atoms with Gasteiger partial charge in [0.2, 0.25) is 0 Å². The lowest BCUT2D eigenvalue weighted by Crippen LogP contribution is -2.00. The third kappa shape index (κ3) is 11.1. The molecule has 6 heteroatoms. The fourth-order valence-electron chi connectivity index (χ4n) is 0.325. The topological polar surface area (TPSA) is 39.5 Å². The maximum Gasteiger partial charge on any atom is 0.0861 e. The Morgan fingerprint density at radius 2 is 2.10 bits per heavy atom. The monoisotopic (exact) mass is 203 g/mol. The predicted octanol–water partition coefficient (Wildman–Crippen LogP) is 2.16. The Hall–Kier alpha value is 0.210. The largest absolute Gasteiger partial charge is 0.242 e. The van der Waals surface area contributed by atoms with Crippen molar-refractivity contribution in [2.45, 2.75) is 6.42 Å². The summed E-state index contributed by atoms with van der Waals surface area (Å²) in [5.41, 5.74) is 0. The molecule has 1 N–H and O–H groups in total. The second kappa shape index (κ2) is 9.21. The molecule has 3 nitrogen and oxygen atoms in total. The van der Waals surface area contributed by atoms with Gasteiger partial charge in [0, 0.05) is 6.54 Å². The molecular formula is C4H8Cl3N3. The number of nitrogens with one attached hydrogen (secondary N) is 1. The average molecular weight is 204 g/mol. The number of halogens is 3. The SMILES string of the molecule is Cl.N=C=NCCCN(Cl)Cl. The lowest BCUT2D eigenvalue weighted by atomic mass is 10.4. The van der Waals surface area contributed by atoms with Crippen molar-refractivity contribution in [1.82, 2.24) is 3.94 Å². The quantitative estimate of drug-likeness (QED) is 0.425. The van der Waals surface area contributed by atoms with Crippen LogP contribution >= 0.6 is 36.0 Å². The van der Waals surface area contributed by atoms with Crippen LogP contribution in [0, 0.1) is 5.41 Å². The zero-order valence-corrected chi connectivity index (χ0v) is 7.51. The lowest BCUT2D eigenvalue weighted by molar-refractivity contribution is 0.655. The smallest absolute Gasteiger partial charge is 0.0861 e. The van der Waals surface area contributed by atoms with Crippen LogP contribution in [0.15, 0.2) is 4.99 Å². The number of aliphatic imine (C=N–C) groups is 1. The molecule has 0 aliphatic carbocycles. The van der Waals surface area contributed by atoms with Crippen molar-refractivity contribution in [2.75, 3.05) is 13.1 Å². The number of nitrogens with zero attached hydrogens (tertiary/aromatic N) is 2. The van der Waals surface area contributed by atoms with Crippen LogP contribution < -0.4 is 0 Å². The molecule has 0 amide bonds. The Morgan fingerprint density at radius 3 is 2.50 bits per heavy atom. The zero-order chi connectivity index (χ0) is 7.11. The van der Waals surface area contributed by atoms with Gasteiger partial charge in [-0.05, 0) is 30.0 Å². The van der Waals surface area contributed by atoms with Crippen LogP contribution in [0.3, 0.4) is 0 Å². The highest BCUT2D eigenvalue weighted by atomic mass is 35.5. The maximum atomic E-state index is 6.39. The van der Waals surface area contributed by atoms with E-state index in [4.69, 9.17) is 29.0 Å². The molecule has 0 radical (unpaired) electrons. The van der Waals surface area contributed by atoms with Gasteiger partial charge in [-0.1, -0.05) is 0 Å². The second-order valence-electron chi connectivity index (χ2n) is 1.37. The molecule has 0 aliphatic rings. The van der Waals surface area contributed by atoms with E-state index >= 15 is 0 Å². The third-order valence-corrected chi connectivity index (χ3v) is 1.01. The summed E-state index contributed by atoms with van der Waals surface area (Å²) in [4.78, 5) is 3.52. The minimum absolute atomic E-state index is 0. The molecule has 0 bridgehead atoms. The Balaban J connectivity index is 0. The first kappa shape index (κ1) is 12.8. The maximum absolute atomic E-state index is 6.39. The standard InChI is InChI=1S/C4H7Cl2N3.ClH/c5-9(6)3-1-2-8-4-7;/h7H,1-3H2;1H. The van der Waals surface area contributed by atoms with Crippen molar-refractivity contribution in [3.8, 4) is 0 Å². The molecule has 0 rings (SSSR count). The molecule has 0 heterocycles. The lowest BCUT2D eigenvalue weighted by Gasteiger charge is -1.98. The van der Waals surface area contributed by atoms with Gasteiger partial charge in [-0.15, -0.1) is 16.3 Å². The third-order valence-electron chi connectivity index (χ3n) is 0.676. The first-order valence-corrected chi connectivity index (χ1v) is 3.12. The molecule has 0 unspecified atom stereocenters. The summed E-state index contributed by atoms with van der Waals surface area (Å²) in [5.74, 6) is 0. The Morgan fingerprint density at radius 1 is 1.50 bits per heavy atom. The van der Waals surface area contributed by atoms with E-state index in [-0.39, 0.29) is 12.4 Å². The molecule has 0 spiro atoms. The van der Waals surface area contributed by atoms with E-state index in [1.165, 1.54) is 0 Å². The van der Waals surface area contributed by atoms with Gasteiger partial charge in [-0.2, -0.15) is 0 Å². The van der Waals surface area contributed by atoms with Crippen LogP contribution in [0.5, 0.6) is 0 Å². The van der Waals surface area contributed by atoms with E-state index in [0.29, 0.717) is 13.1 Å². The number of hydrogen-bond donors (Lipinski definition) is 1. The number of rotatable bonds is 4. The summed E-state index contributed by atoms with van der Waals surface area (Å²) in [6, 6.07) is 1.91. The fraction of sp³-hybridized carbons (Fsp3) is 0.750. The Bertz CT molecular complexity index is 110. The molecule has 10 heavy (non-hydrogen) atoms. The summed E-state index contributed by atoms with van der Waals surface area (Å²) in [6.07, 6.45) is 0.749. The Labute approximate surface area is 76.2 Å². The van der Waals surface area contributed by atoms with E-state index < -0.39 is 0 Å². The second-order valence-corrected chi connectivity index (χ2v) is 2.36. The molecule has 0 aromatic heterocycles. The van der Waals surface area contributed by atoms with E-state index in [0.717, 1.165) is 10.4 Å². The normalized spacial score (nSPS) is 8.30. The van der Waals surface area contributed by atoms with Crippen LogP contribution in [-0.2, 0) is 0 Å². The van der Waals surface area contributed by atoms with Crippen molar-refractivity contribution in [1.29, 1.82) is 5.41 Å². The first-order chi connectivity index (χ1) is 4.27. The summed E-state index contributed by atoms with van der Waals surface area (Å²) in [5, 5.41) is 6.39. The molecule has 0 fully saturated rings. The van der Waals surface area contributed by atoms with Gasteiger partial charge in [0.25, 0.3) is 0 Å². The molecular weight excluding hydrogens is 196 g/mol. The average Bonchev–Trinajstić information content (AvgIpc) is 1.80. The van der Waals surface area contributed by atoms with Crippen LogP contribution in [0.2, 0.25) is 0 Å². The Kier molecular flexibility index (Phi) is 11.8. The van der Waals surface area contributed by atoms with Crippen LogP contribution in [-0.4, -0.2) is 23.0 Å². The van der Waals surface area contributed by atoms with Crippen molar-refractivity contribution >= 4 is 42.0 Å². The fourth-order valence-corrected chi connectivity index (χ4v) is 0.564. The van der Waals surface area contributed by atoms with Crippen molar-refractivity contribution in [3.05, 3.63) is 0 Å². The van der Waals surface area contributed by atoms with Crippen LogP contribution in [0.1, 0.15) is 6.42 Å². The van der Waals surface area contributed by atoms with E-state index in [9.17, 15) is 0 Å². The number of hydrogen-bond acceptors (Lipinski definition) is 3. The molecule has 0 atom stereocenters. The molecule has 60 valence electrons. The van der Waals surface area contributed by atoms with Crippen molar-refractivity contribution in [2.24, 2.45) is 4.99 Å². The van der Waals surface area contributed by atoms with Crippen molar-refractivity contribution < 1.29 is 0 Å². The van der Waals surface area contributed by atoms with E-state index in [1.54, 1.807) is 0 Å². The minimum Gasteiger partial charge on any atom is -0.242 e. The molecule has 0 saturated heterocycles. The molecule has 0 aromatic carbocycles. The minimum atomic E-state index is 0. The van der Waals surface area contributed by atoms with E-state index in [1.807, 2.05) is 6.01 Å². The van der Waals surface area contributed by atoms with E-state index in [2.05, 4.69) is 4.99 Å². The van der Waals surface area contributed by atoms with Crippen LogP contribution in [0.4, 0.5) is 0 Å². The van der Waals surface area contributed by atoms with Gasteiger partial charge >= 0.3 is 0 Å². The van der Waals surface area contributed by atoms with Gasteiger partial charge in [0.15, 0.2) is 0 Å². The summed E-state index contributed by atoms with van der Waals surface area (Å²) in [6.45, 7) is 1.12. The van der Waals surface area contributed by atoms with Gasteiger partial charge in [-0.25, -0.2) is 10.4 Å². The zero-order valence-electron chi connectivity index (χ0n) is 5.18. The first-order valence-electron chi connectivity index (χ1n) is 2.44. The van der Waals surface area contributed by atoms with Crippen molar-refractivity contribution in [3.63, 3.8) is 0 Å². The highest BCUT2D eigenvalue weighted by Gasteiger charge is 1.91. The van der Waals surface area contributed by atoms with Gasteiger partial charge in [0.05, 0.1) is 12.6 Å². The van der Waals surface area contributed by atoms with Crippen LogP contribution in [0.25, 0.3) is 0 Å². The molecule has 0 saturated carbocycles. The van der Waals surface area contributed by atoms with Gasteiger partial charge in [-0.3, -0.25) is 0 Å². The van der Waals surface area contributed by atoms with Gasteiger partial charge in [0.1, 0.15) is 0 Å². The predicted molar refractivity (Wildman–Crippen MR) is 45.3 cm³/mol. The summed E-state index contributed by atoms with van der Waals surface area (Å²) in [7, 11) is 0. The molecule has 0 aromatic rings. The molecule has 0 aliphatic heterocycles.